The number of rotatable bonds is 2. The normalized spacial score (nSPS) is 17.2. The maximum Gasteiger partial charge on any atom is 0.264 e. The molecule has 0 unspecified atom stereocenters. The minimum atomic E-state index is -0.139. The Balaban J connectivity index is 1.66. The van der Waals surface area contributed by atoms with E-state index in [1.165, 1.54) is 11.8 Å². The van der Waals surface area contributed by atoms with Crippen molar-refractivity contribution in [2.75, 3.05) is 0 Å². The number of hydrogen-bond donors (Lipinski definition) is 1. The van der Waals surface area contributed by atoms with Gasteiger partial charge in [0, 0.05) is 5.02 Å². The zero-order valence-corrected chi connectivity index (χ0v) is 15.6. The van der Waals surface area contributed by atoms with E-state index in [-0.39, 0.29) is 5.91 Å². The summed E-state index contributed by atoms with van der Waals surface area (Å²) < 4.78 is 0. The van der Waals surface area contributed by atoms with Crippen LogP contribution in [0, 0.1) is 6.92 Å². The van der Waals surface area contributed by atoms with Crippen LogP contribution >= 0.6 is 23.4 Å². The Kier molecular flexibility index (Phi) is 4.53. The van der Waals surface area contributed by atoms with Gasteiger partial charge in [-0.25, -0.2) is 4.99 Å². The summed E-state index contributed by atoms with van der Waals surface area (Å²) in [6.07, 6.45) is 1.91. The highest BCUT2D eigenvalue weighted by Crippen LogP contribution is 2.31. The average molecular weight is 379 g/mol. The second-order valence-electron chi connectivity index (χ2n) is 5.98. The number of nitrogens with zero attached hydrogens (tertiary/aromatic N) is 1. The number of benzene rings is 3. The van der Waals surface area contributed by atoms with Gasteiger partial charge in [0.25, 0.3) is 5.91 Å². The lowest BCUT2D eigenvalue weighted by molar-refractivity contribution is -0.115. The molecule has 3 nitrogen and oxygen atoms in total. The fraction of sp³-hybridized carbons (Fsp3) is 0.0476. The molecule has 26 heavy (non-hydrogen) atoms. The van der Waals surface area contributed by atoms with Gasteiger partial charge >= 0.3 is 0 Å². The number of aliphatic imine (C=N–C) groups is 1. The lowest BCUT2D eigenvalue weighted by atomic mass is 10.0. The summed E-state index contributed by atoms with van der Waals surface area (Å²) in [6.45, 7) is 1.94. The van der Waals surface area contributed by atoms with E-state index >= 15 is 0 Å². The lowest BCUT2D eigenvalue weighted by Gasteiger charge is -2.02. The fourth-order valence-electron chi connectivity index (χ4n) is 2.77. The number of carbonyl (C=O) groups is 1. The molecule has 1 aliphatic heterocycles. The third-order valence-corrected chi connectivity index (χ3v) is 5.46. The predicted molar refractivity (Wildman–Crippen MR) is 111 cm³/mol. The van der Waals surface area contributed by atoms with E-state index < -0.39 is 0 Å². The number of nitrogens with one attached hydrogen (secondary N) is 1. The van der Waals surface area contributed by atoms with Gasteiger partial charge in [-0.05, 0) is 58.8 Å². The second kappa shape index (κ2) is 6.98. The molecule has 0 spiro atoms. The molecule has 0 aliphatic carbocycles. The van der Waals surface area contributed by atoms with Gasteiger partial charge in [-0.1, -0.05) is 60.1 Å². The van der Waals surface area contributed by atoms with Crippen molar-refractivity contribution in [3.8, 4) is 0 Å². The van der Waals surface area contributed by atoms with Crippen molar-refractivity contribution in [3.63, 3.8) is 0 Å². The molecule has 1 N–H and O–H groups in total. The zero-order valence-electron chi connectivity index (χ0n) is 14.0. The minimum Gasteiger partial charge on any atom is -0.300 e. The molecule has 0 saturated carbocycles. The van der Waals surface area contributed by atoms with Gasteiger partial charge in [0.1, 0.15) is 0 Å². The molecule has 0 aromatic heterocycles. The van der Waals surface area contributed by atoms with Crippen LogP contribution in [0.5, 0.6) is 0 Å². The van der Waals surface area contributed by atoms with Crippen LogP contribution in [0.25, 0.3) is 16.8 Å². The maximum atomic E-state index is 12.3. The first-order chi connectivity index (χ1) is 12.6. The van der Waals surface area contributed by atoms with Gasteiger partial charge in [-0.3, -0.25) is 4.79 Å². The van der Waals surface area contributed by atoms with E-state index in [1.807, 2.05) is 49.4 Å². The molecule has 0 bridgehead atoms. The minimum absolute atomic E-state index is 0.139. The van der Waals surface area contributed by atoms with Crippen LogP contribution in [0.4, 0.5) is 5.69 Å². The summed E-state index contributed by atoms with van der Waals surface area (Å²) in [5, 5.41) is 6.30. The standard InChI is InChI=1S/C21H15ClN2OS/c1-13-9-10-16(12-18(13)22)23-21-24-20(25)19(26-21)11-15-7-4-6-14-5-2-3-8-17(14)15/h2-12H,1H3,(H,23,24,25)/b19-11-. The molecule has 1 saturated heterocycles. The first-order valence-electron chi connectivity index (χ1n) is 8.14. The van der Waals surface area contributed by atoms with E-state index in [0.29, 0.717) is 15.1 Å². The SMILES string of the molecule is Cc1ccc(N=C2NC(=O)/C(=C/c3cccc4ccccc34)S2)cc1Cl. The third kappa shape index (κ3) is 3.39. The molecule has 1 fully saturated rings. The molecule has 3 aromatic carbocycles. The molecule has 4 rings (SSSR count). The number of amides is 1. The van der Waals surface area contributed by atoms with Gasteiger partial charge in [0.15, 0.2) is 5.17 Å². The van der Waals surface area contributed by atoms with Crippen LogP contribution in [-0.4, -0.2) is 11.1 Å². The van der Waals surface area contributed by atoms with E-state index in [1.54, 1.807) is 6.07 Å². The molecule has 128 valence electrons. The maximum absolute atomic E-state index is 12.3. The van der Waals surface area contributed by atoms with Crippen molar-refractivity contribution in [1.29, 1.82) is 0 Å². The highest BCUT2D eigenvalue weighted by atomic mass is 35.5. The Bertz CT molecular complexity index is 1080. The first-order valence-corrected chi connectivity index (χ1v) is 9.33. The largest absolute Gasteiger partial charge is 0.300 e. The Morgan fingerprint density at radius 3 is 2.73 bits per heavy atom. The predicted octanol–water partition coefficient (Wildman–Crippen LogP) is 5.69. The van der Waals surface area contributed by atoms with E-state index in [2.05, 4.69) is 28.5 Å². The lowest BCUT2D eigenvalue weighted by Crippen LogP contribution is -2.19. The third-order valence-electron chi connectivity index (χ3n) is 4.15. The average Bonchev–Trinajstić information content (AvgIpc) is 2.98. The Hall–Kier alpha value is -2.56. The van der Waals surface area contributed by atoms with E-state index in [4.69, 9.17) is 11.6 Å². The van der Waals surface area contributed by atoms with Gasteiger partial charge in [-0.15, -0.1) is 0 Å². The molecule has 3 aromatic rings. The molecular weight excluding hydrogens is 364 g/mol. The first kappa shape index (κ1) is 16.9. The molecule has 0 radical (unpaired) electrons. The number of amidine groups is 1. The van der Waals surface area contributed by atoms with Crippen LogP contribution in [-0.2, 0) is 4.79 Å². The highest BCUT2D eigenvalue weighted by molar-refractivity contribution is 8.18. The highest BCUT2D eigenvalue weighted by Gasteiger charge is 2.24. The molecule has 1 aliphatic rings. The van der Waals surface area contributed by atoms with Crippen LogP contribution in [0.2, 0.25) is 5.02 Å². The number of hydrogen-bond acceptors (Lipinski definition) is 3. The van der Waals surface area contributed by atoms with Crippen LogP contribution < -0.4 is 5.32 Å². The smallest absolute Gasteiger partial charge is 0.264 e. The van der Waals surface area contributed by atoms with Crippen molar-refractivity contribution in [2.24, 2.45) is 4.99 Å². The van der Waals surface area contributed by atoms with Crippen molar-refractivity contribution in [3.05, 3.63) is 81.7 Å². The van der Waals surface area contributed by atoms with Gasteiger partial charge in [-0.2, -0.15) is 0 Å². The summed E-state index contributed by atoms with van der Waals surface area (Å²) in [5.74, 6) is -0.139. The number of aryl methyl sites for hydroxylation is 1. The number of fused-ring (bicyclic) bond motifs is 1. The van der Waals surface area contributed by atoms with E-state index in [9.17, 15) is 4.79 Å². The molecule has 1 heterocycles. The van der Waals surface area contributed by atoms with Crippen LogP contribution in [0.3, 0.4) is 0 Å². The summed E-state index contributed by atoms with van der Waals surface area (Å²) >= 11 is 7.48. The van der Waals surface area contributed by atoms with Crippen molar-refractivity contribution < 1.29 is 4.79 Å². The number of thioether (sulfide) groups is 1. The van der Waals surface area contributed by atoms with Crippen LogP contribution in [0.15, 0.2) is 70.6 Å². The molecular formula is C21H15ClN2OS. The number of halogens is 1. The summed E-state index contributed by atoms with van der Waals surface area (Å²) in [4.78, 5) is 17.4. The summed E-state index contributed by atoms with van der Waals surface area (Å²) in [6, 6.07) is 19.8. The number of carbonyl (C=O) groups excluding carboxylic acids is 1. The van der Waals surface area contributed by atoms with Gasteiger partial charge in [0.2, 0.25) is 0 Å². The van der Waals surface area contributed by atoms with E-state index in [0.717, 1.165) is 27.6 Å². The molecule has 0 atom stereocenters. The van der Waals surface area contributed by atoms with Gasteiger partial charge < -0.3 is 5.32 Å². The second-order valence-corrected chi connectivity index (χ2v) is 7.42. The summed E-state index contributed by atoms with van der Waals surface area (Å²) in [7, 11) is 0. The quantitative estimate of drug-likeness (QED) is 0.581. The van der Waals surface area contributed by atoms with Crippen molar-refractivity contribution in [2.45, 2.75) is 6.92 Å². The molecule has 5 heteroatoms. The monoisotopic (exact) mass is 378 g/mol. The molecule has 1 amide bonds. The van der Waals surface area contributed by atoms with Crippen molar-refractivity contribution in [1.82, 2.24) is 5.32 Å². The fourth-order valence-corrected chi connectivity index (χ4v) is 3.77. The van der Waals surface area contributed by atoms with Gasteiger partial charge in [0.05, 0.1) is 10.6 Å². The summed E-state index contributed by atoms with van der Waals surface area (Å²) in [5.41, 5.74) is 2.73. The zero-order chi connectivity index (χ0) is 18.1. The van der Waals surface area contributed by atoms with Crippen LogP contribution in [0.1, 0.15) is 11.1 Å². The topological polar surface area (TPSA) is 41.5 Å². The Labute approximate surface area is 160 Å². The Morgan fingerprint density at radius 1 is 1.08 bits per heavy atom. The Morgan fingerprint density at radius 2 is 1.88 bits per heavy atom. The van der Waals surface area contributed by atoms with Crippen molar-refractivity contribution >= 4 is 57.0 Å².